The average Bonchev–Trinajstić information content (AvgIpc) is 2.41. The average molecular weight is 244 g/mol. The van der Waals surface area contributed by atoms with Crippen molar-refractivity contribution in [2.75, 3.05) is 12.4 Å². The van der Waals surface area contributed by atoms with Crippen LogP contribution in [0.3, 0.4) is 0 Å². The molecule has 1 unspecified atom stereocenters. The highest BCUT2D eigenvalue weighted by atomic mass is 32.2. The van der Waals surface area contributed by atoms with Crippen molar-refractivity contribution in [1.82, 2.24) is 0 Å². The van der Waals surface area contributed by atoms with Gasteiger partial charge in [-0.05, 0) is 31.4 Å². The summed E-state index contributed by atoms with van der Waals surface area (Å²) in [6.45, 7) is 0.516. The predicted molar refractivity (Wildman–Crippen MR) is 57.9 cm³/mol. The van der Waals surface area contributed by atoms with E-state index in [0.717, 1.165) is 12.2 Å². The second-order valence-corrected chi connectivity index (χ2v) is 6.59. The second-order valence-electron chi connectivity index (χ2n) is 3.45. The van der Waals surface area contributed by atoms with Gasteiger partial charge in [0, 0.05) is 12.7 Å². The molecule has 6 heteroatoms. The molecule has 0 aromatic carbocycles. The normalized spacial score (nSPS) is 26.6. The zero-order valence-corrected chi connectivity index (χ0v) is 9.88. The largest absolute Gasteiger partial charge is 0.492 e. The molecular formula is C8H18O4SSi. The second kappa shape index (κ2) is 6.09. The Balaban J connectivity index is 2.13. The fourth-order valence-corrected chi connectivity index (χ4v) is 3.08. The van der Waals surface area contributed by atoms with Crippen LogP contribution in [0.5, 0.6) is 0 Å². The van der Waals surface area contributed by atoms with Gasteiger partial charge in [-0.15, -0.1) is 11.8 Å². The maximum Gasteiger partial charge on any atom is 0.492 e. The molecule has 0 spiro atoms. The molecule has 0 saturated carbocycles. The summed E-state index contributed by atoms with van der Waals surface area (Å²) in [4.78, 5) is 12.7. The molecule has 0 aliphatic carbocycles. The van der Waals surface area contributed by atoms with Crippen LogP contribution in [0.4, 0.5) is 0 Å². The topological polar surface area (TPSA) is 69.9 Å². The van der Waals surface area contributed by atoms with Crippen molar-refractivity contribution < 1.29 is 19.1 Å². The molecule has 0 radical (unpaired) electrons. The highest BCUT2D eigenvalue weighted by molar-refractivity contribution is 7.99. The number of rotatable bonds is 8. The summed E-state index contributed by atoms with van der Waals surface area (Å²) in [5.74, 6) is 1.14. The van der Waals surface area contributed by atoms with E-state index in [1.807, 2.05) is 11.8 Å². The minimum Gasteiger partial charge on any atom is -0.390 e. The van der Waals surface area contributed by atoms with E-state index in [4.69, 9.17) is 9.03 Å². The van der Waals surface area contributed by atoms with Crippen LogP contribution in [0.1, 0.15) is 25.7 Å². The van der Waals surface area contributed by atoms with E-state index in [-0.39, 0.29) is 11.5 Å². The van der Waals surface area contributed by atoms with Crippen LogP contribution in [0.2, 0.25) is 6.04 Å². The van der Waals surface area contributed by atoms with Crippen LogP contribution in [0, 0.1) is 0 Å². The smallest absolute Gasteiger partial charge is 0.390 e. The Hall–Kier alpha value is 0.407. The van der Waals surface area contributed by atoms with Crippen LogP contribution in [0.15, 0.2) is 0 Å². The summed E-state index contributed by atoms with van der Waals surface area (Å²) in [6, 6.07) is 0.251. The molecule has 14 heavy (non-hydrogen) atoms. The molecule has 0 amide bonds. The lowest BCUT2D eigenvalue weighted by Crippen LogP contribution is -2.34. The van der Waals surface area contributed by atoms with Crippen LogP contribution < -0.4 is 0 Å². The van der Waals surface area contributed by atoms with Gasteiger partial charge in [-0.25, -0.2) is 0 Å². The number of ether oxygens (including phenoxy) is 1. The summed E-state index contributed by atoms with van der Waals surface area (Å²) in [6.07, 6.45) is 4.11. The maximum absolute atomic E-state index is 6.77. The van der Waals surface area contributed by atoms with Gasteiger partial charge in [0.25, 0.3) is 0 Å². The SMILES string of the molecule is [3H]O[Si](CCCOC1CCCCS1)(O[3H])O[3H]. The van der Waals surface area contributed by atoms with Crippen molar-refractivity contribution in [3.05, 3.63) is 0 Å². The van der Waals surface area contributed by atoms with E-state index in [1.165, 1.54) is 12.8 Å². The summed E-state index contributed by atoms with van der Waals surface area (Å²) >= 11 is 1.82. The Morgan fingerprint density at radius 2 is 2.29 bits per heavy atom. The van der Waals surface area contributed by atoms with E-state index < -0.39 is 8.80 Å². The van der Waals surface area contributed by atoms with Gasteiger partial charge in [-0.1, -0.05) is 0 Å². The van der Waals surface area contributed by atoms with Crippen molar-refractivity contribution in [2.24, 2.45) is 0 Å². The molecule has 3 N–H and O–H groups in total. The Morgan fingerprint density at radius 1 is 1.43 bits per heavy atom. The van der Waals surface area contributed by atoms with Crippen LogP contribution in [-0.4, -0.2) is 45.3 Å². The minimum atomic E-state index is -3.39. The highest BCUT2D eigenvalue weighted by Gasteiger charge is 2.25. The van der Waals surface area contributed by atoms with E-state index in [9.17, 15) is 0 Å². The fourth-order valence-electron chi connectivity index (χ4n) is 1.35. The Kier molecular flexibility index (Phi) is 3.72. The quantitative estimate of drug-likeness (QED) is 0.430. The molecule has 84 valence electrons. The van der Waals surface area contributed by atoms with Gasteiger partial charge in [0.15, 0.2) is 4.29 Å². The van der Waals surface area contributed by atoms with Crippen molar-refractivity contribution in [2.45, 2.75) is 37.2 Å². The monoisotopic (exact) mass is 244 g/mol. The molecule has 1 aliphatic rings. The molecule has 1 heterocycles. The van der Waals surface area contributed by atoms with E-state index >= 15 is 0 Å². The highest BCUT2D eigenvalue weighted by Crippen LogP contribution is 2.25. The first-order valence-electron chi connectivity index (χ1n) is 6.15. The van der Waals surface area contributed by atoms with Gasteiger partial charge in [-0.2, -0.15) is 0 Å². The molecule has 0 aromatic heterocycles. The van der Waals surface area contributed by atoms with E-state index in [1.54, 1.807) is 0 Å². The first-order valence-corrected chi connectivity index (χ1v) is 7.90. The molecule has 1 fully saturated rings. The summed E-state index contributed by atoms with van der Waals surface area (Å²) in [7, 11) is -3.39. The third kappa shape index (κ3) is 6.00. The molecule has 0 aromatic rings. The van der Waals surface area contributed by atoms with E-state index in [0.29, 0.717) is 13.0 Å². The molecule has 1 aliphatic heterocycles. The zero-order chi connectivity index (χ0) is 12.6. The maximum atomic E-state index is 6.77. The Bertz CT molecular complexity index is 197. The van der Waals surface area contributed by atoms with Gasteiger partial charge < -0.3 is 19.1 Å². The summed E-state index contributed by atoms with van der Waals surface area (Å²) in [5.41, 5.74) is 0.255. The standard InChI is InChI=1S/C8H18O4SSi/c9-14(10,11)7-3-5-12-8-4-1-2-6-13-8/h8-11H,1-7H2/i9T,10T,11T. The summed E-state index contributed by atoms with van der Waals surface area (Å²) in [5, 5.41) is 0. The lowest BCUT2D eigenvalue weighted by molar-refractivity contribution is 0.0999. The predicted octanol–water partition coefficient (Wildman–Crippen LogP) is 0.552. The third-order valence-electron chi connectivity index (χ3n) is 2.07. The van der Waals surface area contributed by atoms with Crippen molar-refractivity contribution in [1.29, 1.82) is 4.29 Å². The lowest BCUT2D eigenvalue weighted by Gasteiger charge is -2.21. The zero-order valence-electron chi connectivity index (χ0n) is 11.1. The van der Waals surface area contributed by atoms with Gasteiger partial charge >= 0.3 is 8.80 Å². The first-order chi connectivity index (χ1) is 8.26. The molecule has 0 bridgehead atoms. The minimum absolute atomic E-state index is 0.251. The van der Waals surface area contributed by atoms with Gasteiger partial charge in [0.05, 0.1) is 0 Å². The fraction of sp³-hybridized carbons (Fsp3) is 1.00. The van der Waals surface area contributed by atoms with Crippen molar-refractivity contribution in [3.63, 3.8) is 0 Å². The van der Waals surface area contributed by atoms with Gasteiger partial charge in [-0.3, -0.25) is 0 Å². The number of thioether (sulfide) groups is 1. The first kappa shape index (κ1) is 8.55. The Labute approximate surface area is 94.1 Å². The van der Waals surface area contributed by atoms with Crippen molar-refractivity contribution >= 4 is 20.6 Å². The molecular weight excluding hydrogens is 220 g/mol. The molecule has 1 rings (SSSR count). The molecule has 1 atom stereocenters. The van der Waals surface area contributed by atoms with Crippen LogP contribution in [0.25, 0.3) is 0 Å². The van der Waals surface area contributed by atoms with Crippen LogP contribution >= 0.6 is 11.8 Å². The van der Waals surface area contributed by atoms with E-state index in [2.05, 4.69) is 14.4 Å². The lowest BCUT2D eigenvalue weighted by atomic mass is 10.2. The Morgan fingerprint density at radius 3 is 2.93 bits per heavy atom. The van der Waals surface area contributed by atoms with Gasteiger partial charge in [0.2, 0.25) is 0 Å². The van der Waals surface area contributed by atoms with Crippen molar-refractivity contribution in [3.8, 4) is 0 Å². The summed E-state index contributed by atoms with van der Waals surface area (Å²) < 4.78 is 25.9. The van der Waals surface area contributed by atoms with Crippen LogP contribution in [-0.2, 0) is 4.74 Å². The molecule has 4 nitrogen and oxygen atoms in total. The number of hydrogen-bond acceptors (Lipinski definition) is 5. The number of hydrogen-bond donors (Lipinski definition) is 3. The third-order valence-corrected chi connectivity index (χ3v) is 4.30. The van der Waals surface area contributed by atoms with Gasteiger partial charge in [0.1, 0.15) is 5.44 Å². The molecule has 1 saturated heterocycles.